The van der Waals surface area contributed by atoms with Crippen LogP contribution in [-0.2, 0) is 12.6 Å². The first-order valence-corrected chi connectivity index (χ1v) is 12.8. The number of amides is 1. The number of carbonyl (C=O) groups excluding carboxylic acids is 1. The Morgan fingerprint density at radius 1 is 0.929 bits per heavy atom. The molecule has 1 aromatic heterocycles. The fourth-order valence-electron chi connectivity index (χ4n) is 4.13. The second-order valence-electron chi connectivity index (χ2n) is 9.17. The number of methoxy groups -OCH3 is 1. The van der Waals surface area contributed by atoms with Crippen molar-refractivity contribution in [3.05, 3.63) is 120 Å². The van der Waals surface area contributed by atoms with Crippen LogP contribution in [0.1, 0.15) is 21.5 Å². The van der Waals surface area contributed by atoms with Gasteiger partial charge in [0.15, 0.2) is 5.82 Å². The van der Waals surface area contributed by atoms with Gasteiger partial charge in [0.25, 0.3) is 5.91 Å². The van der Waals surface area contributed by atoms with Gasteiger partial charge in [-0.2, -0.15) is 18.2 Å². The molecule has 1 amide bonds. The molecule has 42 heavy (non-hydrogen) atoms. The first-order chi connectivity index (χ1) is 20.2. The van der Waals surface area contributed by atoms with E-state index in [1.165, 1.54) is 35.0 Å². The van der Waals surface area contributed by atoms with Gasteiger partial charge in [0.2, 0.25) is 0 Å². The maximum atomic E-state index is 13.5. The van der Waals surface area contributed by atoms with Crippen LogP contribution in [0.15, 0.2) is 97.1 Å². The monoisotopic (exact) mass is 576 g/mol. The van der Waals surface area contributed by atoms with E-state index < -0.39 is 23.5 Å². The molecule has 4 aromatic carbocycles. The molecular formula is C31H24F4N4O3. The smallest absolute Gasteiger partial charge is 0.416 e. The molecule has 0 fully saturated rings. The van der Waals surface area contributed by atoms with Gasteiger partial charge in [-0.15, -0.1) is 5.10 Å². The molecule has 1 N–H and O–H groups in total. The van der Waals surface area contributed by atoms with E-state index in [2.05, 4.69) is 15.4 Å². The van der Waals surface area contributed by atoms with Crippen molar-refractivity contribution in [3.63, 3.8) is 0 Å². The highest BCUT2D eigenvalue weighted by molar-refractivity contribution is 6.04. The molecule has 0 aliphatic rings. The van der Waals surface area contributed by atoms with Gasteiger partial charge in [-0.1, -0.05) is 30.3 Å². The lowest BCUT2D eigenvalue weighted by atomic mass is 10.1. The summed E-state index contributed by atoms with van der Waals surface area (Å²) in [5.74, 6) is -0.170. The van der Waals surface area contributed by atoms with Crippen molar-refractivity contribution in [2.24, 2.45) is 0 Å². The Hall–Kier alpha value is -5.19. The minimum Gasteiger partial charge on any atom is -0.497 e. The van der Waals surface area contributed by atoms with Gasteiger partial charge in [-0.25, -0.2) is 9.07 Å². The predicted molar refractivity (Wildman–Crippen MR) is 148 cm³/mol. The number of alkyl halides is 3. The summed E-state index contributed by atoms with van der Waals surface area (Å²) in [4.78, 5) is 16.9. The van der Waals surface area contributed by atoms with Crippen molar-refractivity contribution in [1.29, 1.82) is 0 Å². The van der Waals surface area contributed by atoms with Gasteiger partial charge in [0.1, 0.15) is 11.6 Å². The summed E-state index contributed by atoms with van der Waals surface area (Å²) in [6, 6.07) is 23.9. The number of hydrogen-bond acceptors (Lipinski definition) is 5. The molecule has 0 atom stereocenters. The average Bonchev–Trinajstić information content (AvgIpc) is 3.42. The van der Waals surface area contributed by atoms with Crippen LogP contribution in [0.5, 0.6) is 11.8 Å². The maximum Gasteiger partial charge on any atom is 0.416 e. The highest BCUT2D eigenvalue weighted by Gasteiger charge is 2.31. The quantitative estimate of drug-likeness (QED) is 0.192. The van der Waals surface area contributed by atoms with Gasteiger partial charge >= 0.3 is 12.2 Å². The molecule has 0 unspecified atom stereocenters. The predicted octanol–water partition coefficient (Wildman–Crippen LogP) is 6.97. The third-order valence-corrected chi connectivity index (χ3v) is 6.27. The first kappa shape index (κ1) is 28.3. The molecule has 0 spiro atoms. The Kier molecular flexibility index (Phi) is 8.19. The molecule has 0 saturated heterocycles. The van der Waals surface area contributed by atoms with Gasteiger partial charge < -0.3 is 14.8 Å². The number of benzene rings is 4. The highest BCUT2D eigenvalue weighted by Crippen LogP contribution is 2.33. The van der Waals surface area contributed by atoms with Crippen molar-refractivity contribution in [1.82, 2.24) is 14.8 Å². The number of anilines is 1. The fourth-order valence-corrected chi connectivity index (χ4v) is 4.13. The Labute approximate surface area is 238 Å². The van der Waals surface area contributed by atoms with E-state index >= 15 is 0 Å². The summed E-state index contributed by atoms with van der Waals surface area (Å²) < 4.78 is 66.2. The molecule has 5 rings (SSSR count). The molecule has 0 aliphatic carbocycles. The van der Waals surface area contributed by atoms with Gasteiger partial charge in [0.05, 0.1) is 25.0 Å². The number of aromatic nitrogens is 3. The normalized spacial score (nSPS) is 11.3. The minimum atomic E-state index is -4.54. The highest BCUT2D eigenvalue weighted by atomic mass is 19.4. The summed E-state index contributed by atoms with van der Waals surface area (Å²) in [5.41, 5.74) is 1.38. The molecule has 0 saturated carbocycles. The zero-order chi connectivity index (χ0) is 29.7. The first-order valence-electron chi connectivity index (χ1n) is 12.8. The van der Waals surface area contributed by atoms with Crippen LogP contribution in [0.25, 0.3) is 17.1 Å². The van der Waals surface area contributed by atoms with E-state index in [0.717, 1.165) is 29.5 Å². The maximum absolute atomic E-state index is 13.5. The average molecular weight is 577 g/mol. The summed E-state index contributed by atoms with van der Waals surface area (Å²) in [6.45, 7) is 0.226. The number of ether oxygens (including phenoxy) is 2. The lowest BCUT2D eigenvalue weighted by molar-refractivity contribution is -0.137. The van der Waals surface area contributed by atoms with Crippen LogP contribution in [0.2, 0.25) is 0 Å². The summed E-state index contributed by atoms with van der Waals surface area (Å²) in [5, 5.41) is 7.09. The Balaban J connectivity index is 1.40. The van der Waals surface area contributed by atoms with E-state index in [1.54, 1.807) is 31.4 Å². The van der Waals surface area contributed by atoms with Crippen molar-refractivity contribution in [2.45, 2.75) is 12.6 Å². The Bertz CT molecular complexity index is 1680. The number of rotatable bonds is 9. The van der Waals surface area contributed by atoms with Crippen molar-refractivity contribution < 1.29 is 31.8 Å². The van der Waals surface area contributed by atoms with Crippen LogP contribution < -0.4 is 14.8 Å². The third kappa shape index (κ3) is 6.74. The summed E-state index contributed by atoms with van der Waals surface area (Å²) >= 11 is 0. The number of nitrogens with zero attached hydrogens (tertiary/aromatic N) is 3. The number of hydrogen-bond donors (Lipinski definition) is 1. The fraction of sp³-hybridized carbons (Fsp3) is 0.129. The van der Waals surface area contributed by atoms with Gasteiger partial charge in [0, 0.05) is 23.2 Å². The van der Waals surface area contributed by atoms with Crippen molar-refractivity contribution in [2.75, 3.05) is 19.0 Å². The van der Waals surface area contributed by atoms with E-state index in [1.807, 2.05) is 24.3 Å². The summed E-state index contributed by atoms with van der Waals surface area (Å²) in [6.07, 6.45) is -4.00. The van der Waals surface area contributed by atoms with Crippen LogP contribution in [-0.4, -0.2) is 34.4 Å². The second-order valence-corrected chi connectivity index (χ2v) is 9.17. The second kappa shape index (κ2) is 12.1. The third-order valence-electron chi connectivity index (χ3n) is 6.27. The molecule has 5 aromatic rings. The Morgan fingerprint density at radius 2 is 1.67 bits per heavy atom. The largest absolute Gasteiger partial charge is 0.497 e. The lowest BCUT2D eigenvalue weighted by Gasteiger charge is -2.10. The van der Waals surface area contributed by atoms with E-state index in [4.69, 9.17) is 9.47 Å². The molecule has 0 aliphatic heterocycles. The number of nitrogens with one attached hydrogen (secondary N) is 1. The van der Waals surface area contributed by atoms with Gasteiger partial charge in [-0.3, -0.25) is 4.79 Å². The molecule has 214 valence electrons. The molecule has 0 radical (unpaired) electrons. The lowest BCUT2D eigenvalue weighted by Crippen LogP contribution is -2.12. The Morgan fingerprint density at radius 3 is 2.36 bits per heavy atom. The topological polar surface area (TPSA) is 78.3 Å². The molecule has 11 heteroatoms. The van der Waals surface area contributed by atoms with Crippen LogP contribution in [0.4, 0.5) is 23.2 Å². The van der Waals surface area contributed by atoms with Crippen LogP contribution in [0.3, 0.4) is 0 Å². The minimum absolute atomic E-state index is 0.0144. The van der Waals surface area contributed by atoms with E-state index in [9.17, 15) is 22.4 Å². The van der Waals surface area contributed by atoms with E-state index in [-0.39, 0.29) is 29.6 Å². The number of halogens is 4. The van der Waals surface area contributed by atoms with Crippen molar-refractivity contribution in [3.8, 4) is 28.8 Å². The zero-order valence-corrected chi connectivity index (χ0v) is 22.2. The zero-order valence-electron chi connectivity index (χ0n) is 22.2. The van der Waals surface area contributed by atoms with Crippen LogP contribution in [0, 0.1) is 5.82 Å². The van der Waals surface area contributed by atoms with E-state index in [0.29, 0.717) is 17.8 Å². The molecule has 0 bridgehead atoms. The van der Waals surface area contributed by atoms with Crippen molar-refractivity contribution >= 4 is 11.6 Å². The number of carbonyl (C=O) groups is 1. The summed E-state index contributed by atoms with van der Waals surface area (Å²) in [7, 11) is 1.58. The van der Waals surface area contributed by atoms with Gasteiger partial charge in [-0.05, 0) is 72.3 Å². The molecular weight excluding hydrogens is 552 g/mol. The standard InChI is InChI=1S/C31H24F4N4O3/c1-41-27-14-8-20(9-15-27)16-17-42-30-37-28(21-4-2-6-23(18-21)31(33,34)35)39(38-30)26-12-10-25(11-13-26)36-29(40)22-5-3-7-24(32)19-22/h2-15,18-19H,16-17H2,1H3,(H,36,40). The molecule has 7 nitrogen and oxygen atoms in total. The molecule has 1 heterocycles. The SMILES string of the molecule is COc1ccc(CCOc2nc(-c3cccc(C(F)(F)F)c3)n(-c3ccc(NC(=O)c4cccc(F)c4)cc3)n2)cc1. The van der Waals surface area contributed by atoms with Crippen LogP contribution >= 0.6 is 0 Å².